The van der Waals surface area contributed by atoms with Gasteiger partial charge in [0.1, 0.15) is 12.6 Å². The summed E-state index contributed by atoms with van der Waals surface area (Å²) in [6, 6.07) is 0.682. The molecule has 0 aliphatic rings. The third-order valence-electron chi connectivity index (χ3n) is 2.71. The Morgan fingerprint density at radius 3 is 2.55 bits per heavy atom. The molecule has 0 fully saturated rings. The average Bonchev–Trinajstić information content (AvgIpc) is 2.62. The molecule has 110 valence electrons. The second-order valence-electron chi connectivity index (χ2n) is 4.55. The van der Waals surface area contributed by atoms with Crippen molar-refractivity contribution in [2.24, 2.45) is 5.73 Å². The van der Waals surface area contributed by atoms with E-state index in [1.807, 2.05) is 6.07 Å². The van der Waals surface area contributed by atoms with Crippen molar-refractivity contribution in [1.82, 2.24) is 15.1 Å². The molecule has 2 amide bonds. The van der Waals surface area contributed by atoms with Crippen molar-refractivity contribution in [3.8, 4) is 0 Å². The Bertz CT molecular complexity index is 524. The first kappa shape index (κ1) is 15.7. The smallest absolute Gasteiger partial charge is 0.326 e. The predicted molar refractivity (Wildman–Crippen MR) is 69.7 cm³/mol. The zero-order valence-corrected chi connectivity index (χ0v) is 11.4. The van der Waals surface area contributed by atoms with E-state index in [0.717, 1.165) is 11.4 Å². The molecule has 0 bridgehead atoms. The number of primary amides is 1. The zero-order chi connectivity index (χ0) is 15.3. The molecule has 1 aromatic rings. The van der Waals surface area contributed by atoms with Crippen LogP contribution in [0.4, 0.5) is 0 Å². The third kappa shape index (κ3) is 4.71. The summed E-state index contributed by atoms with van der Waals surface area (Å²) >= 11 is 0. The lowest BCUT2D eigenvalue weighted by Crippen LogP contribution is -2.43. The standard InChI is InChI=1S/C12H18N4O4/c1-7-5-8(2)16(15-7)6-11(18)14-9(12(19)20)3-4-10(13)17/h5,9H,3-4,6H2,1-2H3,(H2,13,17)(H,14,18)(H,19,20)/t9-/m1/s1. The van der Waals surface area contributed by atoms with Gasteiger partial charge in [0, 0.05) is 12.1 Å². The van der Waals surface area contributed by atoms with Gasteiger partial charge in [-0.1, -0.05) is 0 Å². The monoisotopic (exact) mass is 282 g/mol. The van der Waals surface area contributed by atoms with E-state index in [9.17, 15) is 14.4 Å². The SMILES string of the molecule is Cc1cc(C)n(CC(=O)N[C@H](CCC(N)=O)C(=O)O)n1. The molecular formula is C12H18N4O4. The summed E-state index contributed by atoms with van der Waals surface area (Å²) in [5.41, 5.74) is 6.54. The van der Waals surface area contributed by atoms with Gasteiger partial charge < -0.3 is 16.2 Å². The minimum Gasteiger partial charge on any atom is -0.480 e. The number of aliphatic carboxylic acids is 1. The van der Waals surface area contributed by atoms with Crippen molar-refractivity contribution in [1.29, 1.82) is 0 Å². The number of carbonyl (C=O) groups is 3. The summed E-state index contributed by atoms with van der Waals surface area (Å²) in [5.74, 6) is -2.29. The molecular weight excluding hydrogens is 264 g/mol. The Hall–Kier alpha value is -2.38. The predicted octanol–water partition coefficient (Wildman–Crippen LogP) is -0.665. The number of nitrogens with zero attached hydrogens (tertiary/aromatic N) is 2. The Morgan fingerprint density at radius 1 is 1.45 bits per heavy atom. The molecule has 0 aromatic carbocycles. The van der Waals surface area contributed by atoms with Gasteiger partial charge in [-0.05, 0) is 26.3 Å². The maximum atomic E-state index is 11.8. The third-order valence-corrected chi connectivity index (χ3v) is 2.71. The molecule has 0 aliphatic heterocycles. The van der Waals surface area contributed by atoms with Gasteiger partial charge in [0.2, 0.25) is 11.8 Å². The van der Waals surface area contributed by atoms with Crippen LogP contribution in [-0.2, 0) is 20.9 Å². The van der Waals surface area contributed by atoms with Crippen LogP contribution in [0.25, 0.3) is 0 Å². The molecule has 4 N–H and O–H groups in total. The summed E-state index contributed by atoms with van der Waals surface area (Å²) in [6.07, 6.45) is -0.134. The first-order valence-corrected chi connectivity index (χ1v) is 6.11. The van der Waals surface area contributed by atoms with E-state index >= 15 is 0 Å². The van der Waals surface area contributed by atoms with Crippen LogP contribution in [-0.4, -0.2) is 38.7 Å². The second-order valence-corrected chi connectivity index (χ2v) is 4.55. The minimum atomic E-state index is -1.20. The van der Waals surface area contributed by atoms with E-state index < -0.39 is 23.8 Å². The Kier molecular flexibility index (Phi) is 5.24. The van der Waals surface area contributed by atoms with E-state index in [1.54, 1.807) is 13.8 Å². The molecule has 0 radical (unpaired) electrons. The number of hydrogen-bond donors (Lipinski definition) is 3. The molecule has 0 spiro atoms. The molecule has 1 aromatic heterocycles. The average molecular weight is 282 g/mol. The van der Waals surface area contributed by atoms with Crippen LogP contribution in [0.15, 0.2) is 6.07 Å². The molecule has 0 unspecified atom stereocenters. The number of rotatable bonds is 7. The summed E-state index contributed by atoms with van der Waals surface area (Å²) < 4.78 is 1.48. The largest absolute Gasteiger partial charge is 0.480 e. The van der Waals surface area contributed by atoms with Crippen LogP contribution in [0.2, 0.25) is 0 Å². The summed E-state index contributed by atoms with van der Waals surface area (Å²) in [7, 11) is 0. The zero-order valence-electron chi connectivity index (χ0n) is 11.4. The van der Waals surface area contributed by atoms with Crippen LogP contribution in [0.1, 0.15) is 24.2 Å². The van der Waals surface area contributed by atoms with Crippen molar-refractivity contribution < 1.29 is 19.5 Å². The topological polar surface area (TPSA) is 127 Å². The van der Waals surface area contributed by atoms with Gasteiger partial charge in [-0.15, -0.1) is 0 Å². The minimum absolute atomic E-state index is 0.0342. The fourth-order valence-corrected chi connectivity index (χ4v) is 1.75. The first-order valence-electron chi connectivity index (χ1n) is 6.11. The highest BCUT2D eigenvalue weighted by atomic mass is 16.4. The van der Waals surface area contributed by atoms with E-state index in [2.05, 4.69) is 10.4 Å². The van der Waals surface area contributed by atoms with Gasteiger partial charge >= 0.3 is 5.97 Å². The van der Waals surface area contributed by atoms with Gasteiger partial charge in [0.05, 0.1) is 5.69 Å². The first-order chi connectivity index (χ1) is 9.29. The lowest BCUT2D eigenvalue weighted by molar-refractivity contribution is -0.142. The van der Waals surface area contributed by atoms with Crippen LogP contribution >= 0.6 is 0 Å². The summed E-state index contributed by atoms with van der Waals surface area (Å²) in [4.78, 5) is 33.4. The molecule has 8 nitrogen and oxygen atoms in total. The van der Waals surface area contributed by atoms with Crippen LogP contribution < -0.4 is 11.1 Å². The van der Waals surface area contributed by atoms with E-state index in [0.29, 0.717) is 0 Å². The molecule has 0 aliphatic carbocycles. The second kappa shape index (κ2) is 6.69. The maximum absolute atomic E-state index is 11.8. The maximum Gasteiger partial charge on any atom is 0.326 e. The van der Waals surface area contributed by atoms with E-state index in [-0.39, 0.29) is 19.4 Å². The fraction of sp³-hybridized carbons (Fsp3) is 0.500. The Morgan fingerprint density at radius 2 is 2.10 bits per heavy atom. The van der Waals surface area contributed by atoms with Crippen molar-refractivity contribution in [2.75, 3.05) is 0 Å². The molecule has 20 heavy (non-hydrogen) atoms. The van der Waals surface area contributed by atoms with Crippen molar-refractivity contribution >= 4 is 17.8 Å². The van der Waals surface area contributed by atoms with Crippen LogP contribution in [0, 0.1) is 13.8 Å². The van der Waals surface area contributed by atoms with E-state index in [1.165, 1.54) is 4.68 Å². The number of aromatic nitrogens is 2. The van der Waals surface area contributed by atoms with Crippen molar-refractivity contribution in [3.63, 3.8) is 0 Å². The number of carboxylic acid groups (broad SMARTS) is 1. The highest BCUT2D eigenvalue weighted by Crippen LogP contribution is 2.02. The highest BCUT2D eigenvalue weighted by Gasteiger charge is 2.20. The van der Waals surface area contributed by atoms with Gasteiger partial charge in [0.15, 0.2) is 0 Å². The normalized spacial score (nSPS) is 11.9. The van der Waals surface area contributed by atoms with Crippen LogP contribution in [0.3, 0.4) is 0 Å². The number of carboxylic acids is 1. The Labute approximate surface area is 115 Å². The van der Waals surface area contributed by atoms with Gasteiger partial charge in [-0.3, -0.25) is 14.3 Å². The quantitative estimate of drug-likeness (QED) is 0.611. The van der Waals surface area contributed by atoms with Gasteiger partial charge in [-0.2, -0.15) is 5.10 Å². The molecule has 8 heteroatoms. The summed E-state index contributed by atoms with van der Waals surface area (Å²) in [5, 5.41) is 15.4. The molecule has 1 rings (SSSR count). The molecule has 0 saturated heterocycles. The lowest BCUT2D eigenvalue weighted by atomic mass is 10.1. The summed E-state index contributed by atoms with van der Waals surface area (Å²) in [6.45, 7) is 3.53. The number of hydrogen-bond acceptors (Lipinski definition) is 4. The lowest BCUT2D eigenvalue weighted by Gasteiger charge is -2.14. The number of carbonyl (C=O) groups excluding carboxylic acids is 2. The van der Waals surface area contributed by atoms with Crippen LogP contribution in [0.5, 0.6) is 0 Å². The highest BCUT2D eigenvalue weighted by molar-refractivity contribution is 5.84. The van der Waals surface area contributed by atoms with Crippen molar-refractivity contribution in [3.05, 3.63) is 17.5 Å². The molecule has 0 saturated carbocycles. The van der Waals surface area contributed by atoms with Crippen molar-refractivity contribution in [2.45, 2.75) is 39.3 Å². The van der Waals surface area contributed by atoms with E-state index in [4.69, 9.17) is 10.8 Å². The Balaban J connectivity index is 2.60. The van der Waals surface area contributed by atoms with Gasteiger partial charge in [0.25, 0.3) is 0 Å². The number of nitrogens with two attached hydrogens (primary N) is 1. The molecule has 1 heterocycles. The van der Waals surface area contributed by atoms with Gasteiger partial charge in [-0.25, -0.2) is 4.79 Å². The molecule has 1 atom stereocenters. The number of nitrogens with one attached hydrogen (secondary N) is 1. The number of aryl methyl sites for hydroxylation is 2. The number of amides is 2. The fourth-order valence-electron chi connectivity index (χ4n) is 1.75.